The number of benzene rings is 2. The SMILES string of the molecule is CCSC1=C(c2ccc([N+](=O)[O-])cc2)C(=O)N(c2ccc(F)c(Cl)c2)C1=O. The third-order valence-electron chi connectivity index (χ3n) is 3.86. The molecule has 9 heteroatoms. The van der Waals surface area contributed by atoms with E-state index in [2.05, 4.69) is 0 Å². The lowest BCUT2D eigenvalue weighted by Gasteiger charge is -2.15. The number of carbonyl (C=O) groups is 2. The Balaban J connectivity index is 2.07. The molecule has 0 aliphatic carbocycles. The van der Waals surface area contributed by atoms with Gasteiger partial charge in [0.15, 0.2) is 0 Å². The molecule has 0 saturated carbocycles. The number of nitro benzene ring substituents is 1. The van der Waals surface area contributed by atoms with Gasteiger partial charge in [-0.2, -0.15) is 0 Å². The first-order valence-corrected chi connectivity index (χ1v) is 9.17. The summed E-state index contributed by atoms with van der Waals surface area (Å²) in [5.74, 6) is -1.25. The maximum Gasteiger partial charge on any atom is 0.272 e. The van der Waals surface area contributed by atoms with Gasteiger partial charge in [-0.05, 0) is 41.6 Å². The Bertz CT molecular complexity index is 991. The number of hydrogen-bond acceptors (Lipinski definition) is 5. The summed E-state index contributed by atoms with van der Waals surface area (Å²) in [6.45, 7) is 1.83. The molecule has 0 bridgehead atoms. The van der Waals surface area contributed by atoms with Crippen LogP contribution in [0.5, 0.6) is 0 Å². The van der Waals surface area contributed by atoms with Crippen molar-refractivity contribution >= 4 is 52.1 Å². The predicted molar refractivity (Wildman–Crippen MR) is 102 cm³/mol. The molecule has 0 N–H and O–H groups in total. The number of imide groups is 1. The van der Waals surface area contributed by atoms with Crippen molar-refractivity contribution in [2.75, 3.05) is 10.7 Å². The normalized spacial score (nSPS) is 14.3. The van der Waals surface area contributed by atoms with Gasteiger partial charge < -0.3 is 0 Å². The summed E-state index contributed by atoms with van der Waals surface area (Å²) in [5.41, 5.74) is 0.582. The molecule has 1 aliphatic rings. The van der Waals surface area contributed by atoms with Crippen LogP contribution in [0.25, 0.3) is 5.57 Å². The fourth-order valence-electron chi connectivity index (χ4n) is 2.65. The van der Waals surface area contributed by atoms with E-state index < -0.39 is 22.6 Å². The molecule has 0 atom stereocenters. The summed E-state index contributed by atoms with van der Waals surface area (Å²) in [4.78, 5) is 37.3. The highest BCUT2D eigenvalue weighted by atomic mass is 35.5. The van der Waals surface area contributed by atoms with Crippen LogP contribution in [0, 0.1) is 15.9 Å². The average molecular weight is 407 g/mol. The third-order valence-corrected chi connectivity index (χ3v) is 5.10. The second-order valence-electron chi connectivity index (χ2n) is 5.49. The summed E-state index contributed by atoms with van der Waals surface area (Å²) in [6.07, 6.45) is 0. The number of nitrogens with zero attached hydrogens (tertiary/aromatic N) is 2. The van der Waals surface area contributed by atoms with E-state index in [1.165, 1.54) is 48.2 Å². The number of non-ortho nitro benzene ring substituents is 1. The largest absolute Gasteiger partial charge is 0.272 e. The molecule has 27 heavy (non-hydrogen) atoms. The first kappa shape index (κ1) is 19.1. The zero-order valence-electron chi connectivity index (χ0n) is 13.9. The number of thioether (sulfide) groups is 1. The van der Waals surface area contributed by atoms with Crippen LogP contribution < -0.4 is 4.90 Å². The molecule has 138 valence electrons. The van der Waals surface area contributed by atoms with Gasteiger partial charge in [0.1, 0.15) is 5.82 Å². The Kier molecular flexibility index (Phi) is 5.29. The molecule has 3 rings (SSSR count). The molecule has 6 nitrogen and oxygen atoms in total. The van der Waals surface area contributed by atoms with Crippen LogP contribution in [0.2, 0.25) is 5.02 Å². The smallest absolute Gasteiger partial charge is 0.268 e. The van der Waals surface area contributed by atoms with Gasteiger partial charge in [-0.3, -0.25) is 19.7 Å². The number of hydrogen-bond donors (Lipinski definition) is 0. The molecule has 0 unspecified atom stereocenters. The summed E-state index contributed by atoms with van der Waals surface area (Å²) in [6, 6.07) is 8.97. The Labute approximate surface area is 162 Å². The molecule has 0 fully saturated rings. The lowest BCUT2D eigenvalue weighted by atomic mass is 10.1. The topological polar surface area (TPSA) is 80.5 Å². The maximum absolute atomic E-state index is 13.4. The van der Waals surface area contributed by atoms with E-state index in [4.69, 9.17) is 11.6 Å². The summed E-state index contributed by atoms with van der Waals surface area (Å²) < 4.78 is 13.4. The van der Waals surface area contributed by atoms with Gasteiger partial charge >= 0.3 is 0 Å². The van der Waals surface area contributed by atoms with E-state index in [1.54, 1.807) is 0 Å². The van der Waals surface area contributed by atoms with E-state index in [1.807, 2.05) is 6.92 Å². The lowest BCUT2D eigenvalue weighted by Crippen LogP contribution is -2.31. The number of anilines is 1. The molecule has 2 aromatic carbocycles. The molecular weight excluding hydrogens is 395 g/mol. The van der Waals surface area contributed by atoms with Crippen LogP contribution in [0.4, 0.5) is 15.8 Å². The highest BCUT2D eigenvalue weighted by Crippen LogP contribution is 2.39. The zero-order valence-corrected chi connectivity index (χ0v) is 15.5. The fourth-order valence-corrected chi connectivity index (χ4v) is 3.68. The Morgan fingerprint density at radius 2 is 1.81 bits per heavy atom. The third kappa shape index (κ3) is 3.45. The van der Waals surface area contributed by atoms with Crippen molar-refractivity contribution in [1.82, 2.24) is 0 Å². The summed E-state index contributed by atoms with van der Waals surface area (Å²) >= 11 is 6.98. The monoisotopic (exact) mass is 406 g/mol. The van der Waals surface area contributed by atoms with Crippen LogP contribution in [0.15, 0.2) is 47.4 Å². The first-order chi connectivity index (χ1) is 12.8. The fraction of sp³-hybridized carbons (Fsp3) is 0.111. The molecule has 0 saturated heterocycles. The molecular formula is C18H12ClFN2O4S. The number of nitro groups is 1. The second kappa shape index (κ2) is 7.50. The second-order valence-corrected chi connectivity index (χ2v) is 7.17. The van der Waals surface area contributed by atoms with Crippen molar-refractivity contribution in [3.05, 3.63) is 73.9 Å². The van der Waals surface area contributed by atoms with Gasteiger partial charge in [0.25, 0.3) is 17.5 Å². The van der Waals surface area contributed by atoms with Gasteiger partial charge in [-0.15, -0.1) is 11.8 Å². The minimum absolute atomic E-state index is 0.122. The zero-order chi connectivity index (χ0) is 19.7. The van der Waals surface area contributed by atoms with Crippen LogP contribution in [0.1, 0.15) is 12.5 Å². The van der Waals surface area contributed by atoms with Crippen molar-refractivity contribution in [3.63, 3.8) is 0 Å². The van der Waals surface area contributed by atoms with Gasteiger partial charge in [-0.25, -0.2) is 9.29 Å². The summed E-state index contributed by atoms with van der Waals surface area (Å²) in [7, 11) is 0. The van der Waals surface area contributed by atoms with E-state index in [-0.39, 0.29) is 26.9 Å². The molecule has 2 aromatic rings. The van der Waals surface area contributed by atoms with Crippen LogP contribution >= 0.6 is 23.4 Å². The highest BCUT2D eigenvalue weighted by Gasteiger charge is 2.40. The van der Waals surface area contributed by atoms with Crippen LogP contribution in [-0.2, 0) is 9.59 Å². The van der Waals surface area contributed by atoms with Gasteiger partial charge in [0.2, 0.25) is 0 Å². The molecule has 2 amide bonds. The number of halogens is 2. The van der Waals surface area contributed by atoms with Crippen LogP contribution in [0.3, 0.4) is 0 Å². The average Bonchev–Trinajstić information content (AvgIpc) is 2.88. The lowest BCUT2D eigenvalue weighted by molar-refractivity contribution is -0.384. The predicted octanol–water partition coefficient (Wildman–Crippen LogP) is 4.42. The van der Waals surface area contributed by atoms with E-state index in [0.29, 0.717) is 11.3 Å². The number of carbonyl (C=O) groups excluding carboxylic acids is 2. The van der Waals surface area contributed by atoms with Crippen LogP contribution in [-0.4, -0.2) is 22.5 Å². The minimum atomic E-state index is -0.661. The Morgan fingerprint density at radius 3 is 2.37 bits per heavy atom. The highest BCUT2D eigenvalue weighted by molar-refractivity contribution is 8.04. The standard InChI is InChI=1S/C18H12ClFN2O4S/c1-2-27-16-15(10-3-5-11(6-4-10)22(25)26)17(23)21(18(16)24)12-7-8-14(20)13(19)9-12/h3-9H,2H2,1H3. The number of amides is 2. The van der Waals surface area contributed by atoms with Crippen molar-refractivity contribution in [3.8, 4) is 0 Å². The minimum Gasteiger partial charge on any atom is -0.268 e. The summed E-state index contributed by atoms with van der Waals surface area (Å²) in [5, 5.41) is 10.6. The van der Waals surface area contributed by atoms with Crippen molar-refractivity contribution in [1.29, 1.82) is 0 Å². The van der Waals surface area contributed by atoms with Gasteiger partial charge in [0.05, 0.1) is 26.1 Å². The molecule has 0 spiro atoms. The molecule has 1 heterocycles. The van der Waals surface area contributed by atoms with Crippen molar-refractivity contribution in [2.45, 2.75) is 6.92 Å². The first-order valence-electron chi connectivity index (χ1n) is 7.81. The van der Waals surface area contributed by atoms with Gasteiger partial charge in [0, 0.05) is 12.1 Å². The molecule has 0 radical (unpaired) electrons. The molecule has 0 aromatic heterocycles. The van der Waals surface area contributed by atoms with Crippen molar-refractivity contribution < 1.29 is 18.9 Å². The van der Waals surface area contributed by atoms with E-state index in [9.17, 15) is 24.1 Å². The Morgan fingerprint density at radius 1 is 1.15 bits per heavy atom. The quantitative estimate of drug-likeness (QED) is 0.417. The van der Waals surface area contributed by atoms with Crippen molar-refractivity contribution in [2.24, 2.45) is 0 Å². The van der Waals surface area contributed by atoms with Gasteiger partial charge in [-0.1, -0.05) is 18.5 Å². The van der Waals surface area contributed by atoms with E-state index >= 15 is 0 Å². The number of rotatable bonds is 5. The Hall–Kier alpha value is -2.71. The maximum atomic E-state index is 13.4. The van der Waals surface area contributed by atoms with E-state index in [0.717, 1.165) is 11.0 Å². The molecule has 1 aliphatic heterocycles.